The van der Waals surface area contributed by atoms with Crippen LogP contribution in [0.25, 0.3) is 0 Å². The molecule has 1 aromatic rings. The maximum atomic E-state index is 12.7. The summed E-state index contributed by atoms with van der Waals surface area (Å²) in [6.45, 7) is 8.38. The highest BCUT2D eigenvalue weighted by atomic mass is 79.9. The van der Waals surface area contributed by atoms with E-state index in [0.29, 0.717) is 22.5 Å². The molecule has 0 amide bonds. The van der Waals surface area contributed by atoms with E-state index in [2.05, 4.69) is 40.4 Å². The zero-order chi connectivity index (χ0) is 16.0. The van der Waals surface area contributed by atoms with Crippen molar-refractivity contribution in [3.63, 3.8) is 0 Å². The lowest BCUT2D eigenvalue weighted by Gasteiger charge is -2.17. The highest BCUT2D eigenvalue weighted by Gasteiger charge is 2.30. The van der Waals surface area contributed by atoms with Crippen molar-refractivity contribution in [1.82, 2.24) is 10.6 Å². The van der Waals surface area contributed by atoms with Gasteiger partial charge in [0, 0.05) is 23.6 Å². The molecule has 1 aromatic carbocycles. The fourth-order valence-electron chi connectivity index (χ4n) is 1.83. The molecule has 6 heteroatoms. The Bertz CT molecular complexity index is 447. The summed E-state index contributed by atoms with van der Waals surface area (Å²) in [5.74, 6) is 0.579. The van der Waals surface area contributed by atoms with E-state index in [1.165, 1.54) is 12.1 Å². The average Bonchev–Trinajstić information content (AvgIpc) is 2.36. The van der Waals surface area contributed by atoms with Crippen LogP contribution in [0, 0.1) is 5.92 Å². The second kappa shape index (κ2) is 8.15. The summed E-state index contributed by atoms with van der Waals surface area (Å²) in [5, 5.41) is 6.55. The molecule has 0 aliphatic heterocycles. The first-order valence-electron chi connectivity index (χ1n) is 7.00. The van der Waals surface area contributed by atoms with Crippen LogP contribution in [0.2, 0.25) is 0 Å². The molecule has 2 N–H and O–H groups in total. The van der Waals surface area contributed by atoms with Crippen molar-refractivity contribution in [2.75, 3.05) is 13.1 Å². The Balaban J connectivity index is 2.54. The molecule has 0 spiro atoms. The van der Waals surface area contributed by atoms with E-state index in [4.69, 9.17) is 0 Å². The molecule has 0 aliphatic rings. The fourth-order valence-corrected chi connectivity index (χ4v) is 2.22. The molecule has 2 nitrogen and oxygen atoms in total. The summed E-state index contributed by atoms with van der Waals surface area (Å²) < 4.78 is 38.8. The molecule has 1 atom stereocenters. The van der Waals surface area contributed by atoms with Crippen LogP contribution in [-0.2, 0) is 12.7 Å². The Morgan fingerprint density at radius 1 is 1.14 bits per heavy atom. The lowest BCUT2D eigenvalue weighted by atomic mass is 10.1. The van der Waals surface area contributed by atoms with Crippen LogP contribution in [0.3, 0.4) is 0 Å². The quantitative estimate of drug-likeness (QED) is 0.755. The summed E-state index contributed by atoms with van der Waals surface area (Å²) in [5.41, 5.74) is -0.00591. The van der Waals surface area contributed by atoms with E-state index < -0.39 is 11.7 Å². The Morgan fingerprint density at radius 2 is 1.81 bits per heavy atom. The van der Waals surface area contributed by atoms with Gasteiger partial charge >= 0.3 is 6.18 Å². The second-order valence-corrected chi connectivity index (χ2v) is 6.49. The van der Waals surface area contributed by atoms with Crippen molar-refractivity contribution in [1.29, 1.82) is 0 Å². The topological polar surface area (TPSA) is 24.1 Å². The lowest BCUT2D eigenvalue weighted by molar-refractivity contribution is -0.137. The minimum absolute atomic E-state index is 0.185. The van der Waals surface area contributed by atoms with Crippen molar-refractivity contribution in [2.24, 2.45) is 5.92 Å². The summed E-state index contributed by atoms with van der Waals surface area (Å²) in [4.78, 5) is 0. The minimum atomic E-state index is -4.31. The predicted octanol–water partition coefficient (Wildman–Crippen LogP) is 4.19. The maximum Gasteiger partial charge on any atom is 0.416 e. The SMILES string of the molecule is CC(C)CNCC(C)NCc1cc(C(F)(F)F)ccc1Br. The molecule has 1 unspecified atom stereocenters. The normalized spacial score (nSPS) is 13.7. The molecule has 120 valence electrons. The molecule has 0 bridgehead atoms. The van der Waals surface area contributed by atoms with Gasteiger partial charge in [0.1, 0.15) is 0 Å². The van der Waals surface area contributed by atoms with Crippen LogP contribution in [-0.4, -0.2) is 19.1 Å². The molecule has 21 heavy (non-hydrogen) atoms. The van der Waals surface area contributed by atoms with Crippen LogP contribution < -0.4 is 10.6 Å². The number of nitrogens with one attached hydrogen (secondary N) is 2. The highest BCUT2D eigenvalue weighted by Crippen LogP contribution is 2.31. The van der Waals surface area contributed by atoms with Crippen molar-refractivity contribution in [3.8, 4) is 0 Å². The number of alkyl halides is 3. The molecule has 0 saturated carbocycles. The number of hydrogen-bond acceptors (Lipinski definition) is 2. The zero-order valence-electron chi connectivity index (χ0n) is 12.5. The molecule has 0 saturated heterocycles. The predicted molar refractivity (Wildman–Crippen MR) is 83.2 cm³/mol. The van der Waals surface area contributed by atoms with Gasteiger partial charge in [0.15, 0.2) is 0 Å². The Hall–Kier alpha value is -0.590. The third-order valence-electron chi connectivity index (χ3n) is 3.02. The Labute approximate surface area is 132 Å². The molecule has 1 rings (SSSR count). The Morgan fingerprint density at radius 3 is 2.38 bits per heavy atom. The van der Waals surface area contributed by atoms with E-state index in [-0.39, 0.29) is 6.04 Å². The van der Waals surface area contributed by atoms with Crippen LogP contribution in [0.5, 0.6) is 0 Å². The standard InChI is InChI=1S/C15H22BrF3N2/c1-10(2)7-20-8-11(3)21-9-12-6-13(15(17,18)19)4-5-14(12)16/h4-6,10-11,20-21H,7-9H2,1-3H3. The van der Waals surface area contributed by atoms with E-state index in [1.54, 1.807) is 0 Å². The van der Waals surface area contributed by atoms with Gasteiger partial charge in [-0.15, -0.1) is 0 Å². The number of rotatable bonds is 7. The van der Waals surface area contributed by atoms with Gasteiger partial charge in [0.25, 0.3) is 0 Å². The van der Waals surface area contributed by atoms with Gasteiger partial charge in [0.2, 0.25) is 0 Å². The van der Waals surface area contributed by atoms with Crippen LogP contribution in [0.1, 0.15) is 31.9 Å². The summed E-state index contributed by atoms with van der Waals surface area (Å²) in [6, 6.07) is 3.90. The zero-order valence-corrected chi connectivity index (χ0v) is 14.1. The van der Waals surface area contributed by atoms with Gasteiger partial charge in [-0.25, -0.2) is 0 Å². The van der Waals surface area contributed by atoms with Crippen molar-refractivity contribution < 1.29 is 13.2 Å². The van der Waals surface area contributed by atoms with Gasteiger partial charge in [-0.3, -0.25) is 0 Å². The Kier molecular flexibility index (Phi) is 7.16. The summed E-state index contributed by atoms with van der Waals surface area (Å²) in [6.07, 6.45) is -4.31. The van der Waals surface area contributed by atoms with Crippen molar-refractivity contribution in [3.05, 3.63) is 33.8 Å². The number of halogens is 4. The van der Waals surface area contributed by atoms with Gasteiger partial charge in [-0.05, 0) is 43.1 Å². The molecule has 0 radical (unpaired) electrons. The van der Waals surface area contributed by atoms with Gasteiger partial charge in [-0.1, -0.05) is 29.8 Å². The molecular formula is C15H22BrF3N2. The molecule has 0 aliphatic carbocycles. The second-order valence-electron chi connectivity index (χ2n) is 5.64. The van der Waals surface area contributed by atoms with E-state index in [1.807, 2.05) is 6.92 Å². The average molecular weight is 367 g/mol. The van der Waals surface area contributed by atoms with Gasteiger partial charge in [-0.2, -0.15) is 13.2 Å². The van der Waals surface area contributed by atoms with Crippen molar-refractivity contribution in [2.45, 2.75) is 39.5 Å². The molecule has 0 fully saturated rings. The summed E-state index contributed by atoms with van der Waals surface area (Å²) >= 11 is 3.30. The molecule has 0 aromatic heterocycles. The number of hydrogen-bond donors (Lipinski definition) is 2. The first-order chi connectivity index (χ1) is 9.70. The minimum Gasteiger partial charge on any atom is -0.315 e. The van der Waals surface area contributed by atoms with Crippen LogP contribution in [0.4, 0.5) is 13.2 Å². The third-order valence-corrected chi connectivity index (χ3v) is 3.79. The van der Waals surface area contributed by atoms with Gasteiger partial charge < -0.3 is 10.6 Å². The first kappa shape index (κ1) is 18.5. The largest absolute Gasteiger partial charge is 0.416 e. The van der Waals surface area contributed by atoms with E-state index in [0.717, 1.165) is 19.2 Å². The van der Waals surface area contributed by atoms with E-state index in [9.17, 15) is 13.2 Å². The van der Waals surface area contributed by atoms with Crippen LogP contribution in [0.15, 0.2) is 22.7 Å². The monoisotopic (exact) mass is 366 g/mol. The fraction of sp³-hybridized carbons (Fsp3) is 0.600. The lowest BCUT2D eigenvalue weighted by Crippen LogP contribution is -2.37. The first-order valence-corrected chi connectivity index (χ1v) is 7.79. The molecular weight excluding hydrogens is 345 g/mol. The smallest absolute Gasteiger partial charge is 0.315 e. The maximum absolute atomic E-state index is 12.7. The van der Waals surface area contributed by atoms with Crippen molar-refractivity contribution >= 4 is 15.9 Å². The highest BCUT2D eigenvalue weighted by molar-refractivity contribution is 9.10. The van der Waals surface area contributed by atoms with Gasteiger partial charge in [0.05, 0.1) is 5.56 Å². The number of benzene rings is 1. The third kappa shape index (κ3) is 6.80. The summed E-state index contributed by atoms with van der Waals surface area (Å²) in [7, 11) is 0. The van der Waals surface area contributed by atoms with Crippen LogP contribution >= 0.6 is 15.9 Å². The molecule has 0 heterocycles. The van der Waals surface area contributed by atoms with E-state index >= 15 is 0 Å².